The van der Waals surface area contributed by atoms with Crippen LogP contribution in [0.25, 0.3) is 0 Å². The summed E-state index contributed by atoms with van der Waals surface area (Å²) < 4.78 is 34.5. The Kier molecular flexibility index (Phi) is 6.67. The summed E-state index contributed by atoms with van der Waals surface area (Å²) in [5.74, 6) is -0.837. The van der Waals surface area contributed by atoms with Gasteiger partial charge in [0, 0.05) is 11.8 Å². The molecule has 4 aliphatic heterocycles. The van der Waals surface area contributed by atoms with Gasteiger partial charge in [-0.2, -0.15) is 0 Å². The molecule has 0 aromatic carbocycles. The Labute approximate surface area is 180 Å². The van der Waals surface area contributed by atoms with Gasteiger partial charge in [-0.25, -0.2) is 0 Å². The van der Waals surface area contributed by atoms with E-state index in [-0.39, 0.29) is 43.2 Å². The SMILES string of the molecule is CCC1(CC)O[C@@H]2OC(C)(C)O[C@@H]2[C@@H]1C.C[C@H]1[C@H]2OC(C)(C)O[C@H]2OC1(CO)CO. The van der Waals surface area contributed by atoms with E-state index < -0.39 is 23.5 Å². The van der Waals surface area contributed by atoms with Crippen LogP contribution in [-0.2, 0) is 28.4 Å². The van der Waals surface area contributed by atoms with Crippen molar-refractivity contribution >= 4 is 0 Å². The van der Waals surface area contributed by atoms with Gasteiger partial charge in [-0.1, -0.05) is 27.7 Å². The lowest BCUT2D eigenvalue weighted by atomic mass is 9.83. The minimum Gasteiger partial charge on any atom is -0.393 e. The number of fused-ring (bicyclic) bond motifs is 2. The highest BCUT2D eigenvalue weighted by atomic mass is 16.8. The predicted molar refractivity (Wildman–Crippen MR) is 108 cm³/mol. The van der Waals surface area contributed by atoms with Gasteiger partial charge in [-0.3, -0.25) is 0 Å². The first-order valence-electron chi connectivity index (χ1n) is 11.2. The molecule has 30 heavy (non-hydrogen) atoms. The van der Waals surface area contributed by atoms with Crippen LogP contribution in [0.3, 0.4) is 0 Å². The zero-order valence-corrected chi connectivity index (χ0v) is 19.6. The normalized spacial score (nSPS) is 41.8. The molecule has 0 spiro atoms. The van der Waals surface area contributed by atoms with Gasteiger partial charge in [-0.15, -0.1) is 0 Å². The molecule has 0 aromatic rings. The van der Waals surface area contributed by atoms with Crippen molar-refractivity contribution in [2.45, 2.75) is 116 Å². The maximum atomic E-state index is 9.28. The zero-order valence-electron chi connectivity index (χ0n) is 19.6. The Morgan fingerprint density at radius 1 is 0.600 bits per heavy atom. The molecule has 4 saturated heterocycles. The molecule has 0 amide bonds. The second-order valence-corrected chi connectivity index (χ2v) is 9.90. The Morgan fingerprint density at radius 2 is 0.967 bits per heavy atom. The number of aliphatic hydroxyl groups is 2. The van der Waals surface area contributed by atoms with E-state index in [1.165, 1.54) is 0 Å². The van der Waals surface area contributed by atoms with Crippen LogP contribution in [-0.4, -0.2) is 71.0 Å². The summed E-state index contributed by atoms with van der Waals surface area (Å²) in [6.07, 6.45) is 1.25. The van der Waals surface area contributed by atoms with Gasteiger partial charge >= 0.3 is 0 Å². The number of hydrogen-bond donors (Lipinski definition) is 2. The molecule has 8 nitrogen and oxygen atoms in total. The minimum absolute atomic E-state index is 0.0498. The van der Waals surface area contributed by atoms with E-state index in [0.717, 1.165) is 12.8 Å². The molecule has 0 aliphatic carbocycles. The molecule has 0 aromatic heterocycles. The van der Waals surface area contributed by atoms with Crippen molar-refractivity contribution < 1.29 is 38.6 Å². The molecule has 2 N–H and O–H groups in total. The van der Waals surface area contributed by atoms with Crippen molar-refractivity contribution in [3.8, 4) is 0 Å². The lowest BCUT2D eigenvalue weighted by Gasteiger charge is -2.33. The van der Waals surface area contributed by atoms with Crippen LogP contribution in [0, 0.1) is 11.8 Å². The molecule has 0 saturated carbocycles. The maximum Gasteiger partial charge on any atom is 0.188 e. The molecule has 4 heterocycles. The molecule has 0 bridgehead atoms. The third kappa shape index (κ3) is 4.06. The van der Waals surface area contributed by atoms with E-state index in [0.29, 0.717) is 5.92 Å². The Hall–Kier alpha value is -0.320. The molecule has 4 aliphatic rings. The molecular weight excluding hydrogens is 392 g/mol. The van der Waals surface area contributed by atoms with Crippen molar-refractivity contribution in [1.29, 1.82) is 0 Å². The van der Waals surface area contributed by atoms with Crippen LogP contribution in [0.1, 0.15) is 68.2 Å². The summed E-state index contributed by atoms with van der Waals surface area (Å²) >= 11 is 0. The summed E-state index contributed by atoms with van der Waals surface area (Å²) in [5.41, 5.74) is -0.988. The molecule has 8 heteroatoms. The summed E-state index contributed by atoms with van der Waals surface area (Å²) in [4.78, 5) is 0. The highest BCUT2D eigenvalue weighted by Gasteiger charge is 2.60. The van der Waals surface area contributed by atoms with E-state index in [2.05, 4.69) is 20.8 Å². The lowest BCUT2D eigenvalue weighted by molar-refractivity contribution is -0.244. The molecule has 4 rings (SSSR count). The number of aliphatic hydroxyl groups excluding tert-OH is 2. The van der Waals surface area contributed by atoms with Crippen LogP contribution in [0.2, 0.25) is 0 Å². The average molecular weight is 433 g/mol. The van der Waals surface area contributed by atoms with Gasteiger partial charge in [0.1, 0.15) is 17.8 Å². The first kappa shape index (κ1) is 24.3. The molecule has 0 radical (unpaired) electrons. The van der Waals surface area contributed by atoms with Crippen LogP contribution in [0.4, 0.5) is 0 Å². The third-order valence-corrected chi connectivity index (χ3v) is 7.26. The monoisotopic (exact) mass is 432 g/mol. The van der Waals surface area contributed by atoms with Crippen molar-refractivity contribution in [2.75, 3.05) is 13.2 Å². The Balaban J connectivity index is 0.000000171. The van der Waals surface area contributed by atoms with Gasteiger partial charge in [0.05, 0.1) is 18.8 Å². The van der Waals surface area contributed by atoms with E-state index in [1.54, 1.807) is 0 Å². The standard InChI is InChI=1S/C12H22O3.C10H18O5/c1-6-12(7-2)8(3)9-10(15-12)14-11(4,5)13-9;1-6-7-8(14-9(2,3)13-7)15-10(6,4-11)5-12/h8-10H,6-7H2,1-5H3;6-8,11-12H,4-5H2,1-3H3/t8-,9+,10-;6-,7+,8-/m00/s1. The second kappa shape index (κ2) is 8.23. The topological polar surface area (TPSA) is 95.8 Å². The molecule has 176 valence electrons. The zero-order chi connectivity index (χ0) is 22.5. The van der Waals surface area contributed by atoms with E-state index in [9.17, 15) is 10.2 Å². The summed E-state index contributed by atoms with van der Waals surface area (Å²) in [5, 5.41) is 18.6. The predicted octanol–water partition coefficient (Wildman–Crippen LogP) is 2.54. The Bertz CT molecular complexity index is 546. The highest BCUT2D eigenvalue weighted by molar-refractivity contribution is 5.01. The van der Waals surface area contributed by atoms with E-state index in [1.807, 2.05) is 34.6 Å². The van der Waals surface area contributed by atoms with Crippen molar-refractivity contribution in [2.24, 2.45) is 11.8 Å². The second-order valence-electron chi connectivity index (χ2n) is 9.90. The number of rotatable bonds is 4. The minimum atomic E-state index is -0.939. The van der Waals surface area contributed by atoms with Gasteiger partial charge in [0.15, 0.2) is 24.2 Å². The first-order chi connectivity index (χ1) is 13.9. The largest absolute Gasteiger partial charge is 0.393 e. The van der Waals surface area contributed by atoms with Crippen LogP contribution < -0.4 is 0 Å². The third-order valence-electron chi connectivity index (χ3n) is 7.26. The smallest absolute Gasteiger partial charge is 0.188 e. The quantitative estimate of drug-likeness (QED) is 0.700. The first-order valence-corrected chi connectivity index (χ1v) is 11.2. The lowest BCUT2D eigenvalue weighted by Crippen LogP contribution is -2.45. The van der Waals surface area contributed by atoms with Crippen LogP contribution in [0.15, 0.2) is 0 Å². The summed E-state index contributed by atoms with van der Waals surface area (Å²) in [7, 11) is 0. The number of hydrogen-bond acceptors (Lipinski definition) is 8. The van der Waals surface area contributed by atoms with Gasteiger partial charge < -0.3 is 38.6 Å². The highest BCUT2D eigenvalue weighted by Crippen LogP contribution is 2.48. The van der Waals surface area contributed by atoms with Crippen molar-refractivity contribution in [1.82, 2.24) is 0 Å². The van der Waals surface area contributed by atoms with Crippen LogP contribution >= 0.6 is 0 Å². The molecule has 0 unspecified atom stereocenters. The average Bonchev–Trinajstić information content (AvgIpc) is 3.32. The maximum absolute atomic E-state index is 9.28. The summed E-state index contributed by atoms with van der Waals surface area (Å²) in [6, 6.07) is 0. The van der Waals surface area contributed by atoms with Crippen molar-refractivity contribution in [3.05, 3.63) is 0 Å². The molecular formula is C22H40O8. The van der Waals surface area contributed by atoms with Crippen LogP contribution in [0.5, 0.6) is 0 Å². The fraction of sp³-hybridized carbons (Fsp3) is 1.00. The van der Waals surface area contributed by atoms with E-state index >= 15 is 0 Å². The van der Waals surface area contributed by atoms with E-state index in [4.69, 9.17) is 28.4 Å². The molecule has 6 atom stereocenters. The number of ether oxygens (including phenoxy) is 6. The van der Waals surface area contributed by atoms with Gasteiger partial charge in [-0.05, 0) is 40.5 Å². The summed E-state index contributed by atoms with van der Waals surface area (Å²) in [6.45, 7) is 15.5. The van der Waals surface area contributed by atoms with Crippen molar-refractivity contribution in [3.63, 3.8) is 0 Å². The molecule has 4 fully saturated rings. The fourth-order valence-corrected chi connectivity index (χ4v) is 5.12. The van der Waals surface area contributed by atoms with Gasteiger partial charge in [0.25, 0.3) is 0 Å². The Morgan fingerprint density at radius 3 is 1.30 bits per heavy atom. The fourth-order valence-electron chi connectivity index (χ4n) is 5.12. The van der Waals surface area contributed by atoms with Gasteiger partial charge in [0.2, 0.25) is 0 Å².